The number of furan rings is 1. The SMILES string of the molecule is C=C(CN(C(=O)c1cc2cc(C)ccc2o1)C(C)(C)C(=O)NCc1c(F)cccc1OC)NC. The van der Waals surface area contributed by atoms with Crippen molar-refractivity contribution < 1.29 is 23.1 Å². The lowest BCUT2D eigenvalue weighted by Gasteiger charge is -2.37. The van der Waals surface area contributed by atoms with E-state index in [1.54, 1.807) is 39.1 Å². The van der Waals surface area contributed by atoms with Gasteiger partial charge in [0.25, 0.3) is 5.91 Å². The molecule has 0 spiro atoms. The van der Waals surface area contributed by atoms with E-state index in [0.29, 0.717) is 17.0 Å². The molecule has 7 nitrogen and oxygen atoms in total. The van der Waals surface area contributed by atoms with Crippen LogP contribution in [0.2, 0.25) is 0 Å². The van der Waals surface area contributed by atoms with Crippen molar-refractivity contribution in [2.75, 3.05) is 20.7 Å². The molecule has 1 heterocycles. The number of fused-ring (bicyclic) bond motifs is 1. The van der Waals surface area contributed by atoms with Crippen LogP contribution in [-0.2, 0) is 11.3 Å². The molecule has 0 atom stereocenters. The van der Waals surface area contributed by atoms with Crippen LogP contribution in [0.3, 0.4) is 0 Å². The summed E-state index contributed by atoms with van der Waals surface area (Å²) in [6.45, 7) is 9.07. The summed E-state index contributed by atoms with van der Waals surface area (Å²) < 4.78 is 25.3. The summed E-state index contributed by atoms with van der Waals surface area (Å²) in [6, 6.07) is 11.7. The maximum Gasteiger partial charge on any atom is 0.290 e. The minimum absolute atomic E-state index is 0.0643. The third kappa shape index (κ3) is 5.06. The molecule has 0 saturated heterocycles. The first kappa shape index (κ1) is 24.8. The Balaban J connectivity index is 1.89. The highest BCUT2D eigenvalue weighted by Crippen LogP contribution is 2.26. The fourth-order valence-electron chi connectivity index (χ4n) is 3.60. The fourth-order valence-corrected chi connectivity index (χ4v) is 3.60. The van der Waals surface area contributed by atoms with E-state index in [4.69, 9.17) is 9.15 Å². The predicted octanol–water partition coefficient (Wildman–Crippen LogP) is 4.16. The van der Waals surface area contributed by atoms with E-state index in [-0.39, 0.29) is 24.4 Å². The Morgan fingerprint density at radius 3 is 2.62 bits per heavy atom. The van der Waals surface area contributed by atoms with E-state index < -0.39 is 23.2 Å². The smallest absolute Gasteiger partial charge is 0.290 e. The molecule has 3 rings (SSSR count). The van der Waals surface area contributed by atoms with Gasteiger partial charge >= 0.3 is 0 Å². The number of likely N-dealkylation sites (N-methyl/N-ethyl adjacent to an activating group) is 1. The molecule has 2 aromatic carbocycles. The van der Waals surface area contributed by atoms with Gasteiger partial charge in [-0.2, -0.15) is 0 Å². The van der Waals surface area contributed by atoms with Gasteiger partial charge in [0.1, 0.15) is 22.7 Å². The van der Waals surface area contributed by atoms with Gasteiger partial charge in [0.15, 0.2) is 5.76 Å². The third-order valence-corrected chi connectivity index (χ3v) is 5.78. The van der Waals surface area contributed by atoms with Gasteiger partial charge in [-0.25, -0.2) is 4.39 Å². The zero-order valence-corrected chi connectivity index (χ0v) is 20.1. The van der Waals surface area contributed by atoms with Crippen molar-refractivity contribution in [1.82, 2.24) is 15.5 Å². The molecular formula is C26H30FN3O4. The first-order chi connectivity index (χ1) is 16.1. The number of rotatable bonds is 9. The standard InChI is InChI=1S/C26H30FN3O4/c1-16-10-11-21-18(12-16)13-23(34-21)24(31)30(15-17(2)28-5)26(3,4)25(32)29-14-19-20(27)8-7-9-22(19)33-6/h7-13,28H,2,14-15H2,1,3-6H3,(H,29,32). The Morgan fingerprint density at radius 2 is 1.94 bits per heavy atom. The van der Waals surface area contributed by atoms with Crippen LogP contribution >= 0.6 is 0 Å². The molecule has 180 valence electrons. The molecule has 0 aliphatic heterocycles. The van der Waals surface area contributed by atoms with Crippen molar-refractivity contribution in [3.63, 3.8) is 0 Å². The molecule has 8 heteroatoms. The number of aryl methyl sites for hydroxylation is 1. The van der Waals surface area contributed by atoms with Crippen LogP contribution < -0.4 is 15.4 Å². The summed E-state index contributed by atoms with van der Waals surface area (Å²) in [5, 5.41) is 6.44. The summed E-state index contributed by atoms with van der Waals surface area (Å²) in [5.74, 6) is -0.990. The second-order valence-electron chi connectivity index (χ2n) is 8.56. The van der Waals surface area contributed by atoms with Crippen molar-refractivity contribution in [2.45, 2.75) is 32.9 Å². The highest BCUT2D eigenvalue weighted by Gasteiger charge is 2.39. The molecule has 34 heavy (non-hydrogen) atoms. The summed E-state index contributed by atoms with van der Waals surface area (Å²) >= 11 is 0. The van der Waals surface area contributed by atoms with E-state index in [9.17, 15) is 14.0 Å². The van der Waals surface area contributed by atoms with Gasteiger partial charge in [0, 0.05) is 30.2 Å². The van der Waals surface area contributed by atoms with Gasteiger partial charge in [0.05, 0.1) is 13.7 Å². The van der Waals surface area contributed by atoms with Crippen LogP contribution in [0.4, 0.5) is 4.39 Å². The van der Waals surface area contributed by atoms with Crippen molar-refractivity contribution in [3.05, 3.63) is 77.4 Å². The van der Waals surface area contributed by atoms with E-state index in [0.717, 1.165) is 10.9 Å². The molecule has 0 aliphatic rings. The average molecular weight is 468 g/mol. The van der Waals surface area contributed by atoms with E-state index in [1.165, 1.54) is 24.1 Å². The summed E-state index contributed by atoms with van der Waals surface area (Å²) in [4.78, 5) is 28.2. The molecular weight excluding hydrogens is 437 g/mol. The second kappa shape index (κ2) is 9.99. The van der Waals surface area contributed by atoms with Crippen molar-refractivity contribution in [1.29, 1.82) is 0 Å². The largest absolute Gasteiger partial charge is 0.496 e. The lowest BCUT2D eigenvalue weighted by Crippen LogP contribution is -2.57. The number of nitrogens with zero attached hydrogens (tertiary/aromatic N) is 1. The first-order valence-electron chi connectivity index (χ1n) is 10.9. The summed E-state index contributed by atoms with van der Waals surface area (Å²) in [6.07, 6.45) is 0. The third-order valence-electron chi connectivity index (χ3n) is 5.78. The first-order valence-corrected chi connectivity index (χ1v) is 10.9. The number of hydrogen-bond donors (Lipinski definition) is 2. The molecule has 0 saturated carbocycles. The Kier molecular flexibility index (Phi) is 7.29. The lowest BCUT2D eigenvalue weighted by atomic mass is 9.99. The van der Waals surface area contributed by atoms with Crippen LogP contribution in [0.25, 0.3) is 11.0 Å². The fraction of sp³-hybridized carbons (Fsp3) is 0.308. The topological polar surface area (TPSA) is 83.8 Å². The minimum Gasteiger partial charge on any atom is -0.496 e. The van der Waals surface area contributed by atoms with Gasteiger partial charge < -0.3 is 24.7 Å². The maximum atomic E-state index is 14.3. The Labute approximate surface area is 198 Å². The molecule has 0 bridgehead atoms. The van der Waals surface area contributed by atoms with Crippen LogP contribution in [0.1, 0.15) is 35.5 Å². The number of benzene rings is 2. The molecule has 0 radical (unpaired) electrons. The van der Waals surface area contributed by atoms with Crippen molar-refractivity contribution in [3.8, 4) is 5.75 Å². The van der Waals surface area contributed by atoms with Crippen LogP contribution in [-0.4, -0.2) is 43.0 Å². The predicted molar refractivity (Wildman–Crippen MR) is 129 cm³/mol. The summed E-state index contributed by atoms with van der Waals surface area (Å²) in [5.41, 5.74) is 1.06. The summed E-state index contributed by atoms with van der Waals surface area (Å²) in [7, 11) is 3.12. The van der Waals surface area contributed by atoms with Gasteiger partial charge in [-0.15, -0.1) is 0 Å². The van der Waals surface area contributed by atoms with Crippen molar-refractivity contribution >= 4 is 22.8 Å². The number of amides is 2. The highest BCUT2D eigenvalue weighted by atomic mass is 19.1. The van der Waals surface area contributed by atoms with Crippen LogP contribution in [0.15, 0.2) is 59.2 Å². The van der Waals surface area contributed by atoms with Crippen LogP contribution in [0.5, 0.6) is 5.75 Å². The zero-order chi connectivity index (χ0) is 25.0. The van der Waals surface area contributed by atoms with Crippen molar-refractivity contribution in [2.24, 2.45) is 0 Å². The quantitative estimate of drug-likeness (QED) is 0.494. The second-order valence-corrected chi connectivity index (χ2v) is 8.56. The Hall–Kier alpha value is -3.81. The number of ether oxygens (including phenoxy) is 1. The molecule has 2 N–H and O–H groups in total. The molecule has 0 aliphatic carbocycles. The number of hydrogen-bond acceptors (Lipinski definition) is 5. The number of carbonyl (C=O) groups excluding carboxylic acids is 2. The van der Waals surface area contributed by atoms with E-state index in [2.05, 4.69) is 17.2 Å². The minimum atomic E-state index is -1.32. The highest BCUT2D eigenvalue weighted by molar-refractivity contribution is 6.00. The van der Waals surface area contributed by atoms with Crippen LogP contribution in [0, 0.1) is 12.7 Å². The average Bonchev–Trinajstić information content (AvgIpc) is 3.23. The zero-order valence-electron chi connectivity index (χ0n) is 20.1. The normalized spacial score (nSPS) is 11.2. The Bertz CT molecular complexity index is 1230. The van der Waals surface area contributed by atoms with E-state index in [1.807, 2.05) is 19.1 Å². The van der Waals surface area contributed by atoms with Gasteiger partial charge in [-0.3, -0.25) is 9.59 Å². The molecule has 0 unspecified atom stereocenters. The maximum absolute atomic E-state index is 14.3. The number of nitrogens with one attached hydrogen (secondary N) is 2. The number of carbonyl (C=O) groups is 2. The number of methoxy groups -OCH3 is 1. The monoisotopic (exact) mass is 467 g/mol. The van der Waals surface area contributed by atoms with Gasteiger partial charge in [0.2, 0.25) is 5.91 Å². The Morgan fingerprint density at radius 1 is 1.21 bits per heavy atom. The lowest BCUT2D eigenvalue weighted by molar-refractivity contribution is -0.130. The van der Waals surface area contributed by atoms with Gasteiger partial charge in [-0.1, -0.05) is 24.3 Å². The number of halogens is 1. The van der Waals surface area contributed by atoms with E-state index >= 15 is 0 Å². The molecule has 2 amide bonds. The molecule has 3 aromatic rings. The molecule has 1 aromatic heterocycles. The molecule has 0 fully saturated rings. The van der Waals surface area contributed by atoms with Gasteiger partial charge in [-0.05, 0) is 51.1 Å².